The van der Waals surface area contributed by atoms with Gasteiger partial charge in [0.15, 0.2) is 5.82 Å². The molecule has 0 unspecified atom stereocenters. The molecular weight excluding hydrogens is 396 g/mol. The maximum Gasteiger partial charge on any atom is 0.409 e. The van der Waals surface area contributed by atoms with Crippen LogP contribution in [-0.4, -0.2) is 70.9 Å². The quantitative estimate of drug-likeness (QED) is 0.764. The predicted molar refractivity (Wildman–Crippen MR) is 116 cm³/mol. The van der Waals surface area contributed by atoms with Crippen LogP contribution >= 0.6 is 0 Å². The second-order valence-electron chi connectivity index (χ2n) is 7.90. The number of aromatic nitrogens is 2. The Kier molecular flexibility index (Phi) is 7.62. The summed E-state index contributed by atoms with van der Waals surface area (Å²) in [6, 6.07) is 11.4. The molecule has 0 spiro atoms. The SMILES string of the molecule is CC(C)COC(=O)N1CCCN(CC(=O)Nc2c(C#N)cnn2-c2ccccc2)CC1. The summed E-state index contributed by atoms with van der Waals surface area (Å²) in [5.41, 5.74) is 1.05. The Morgan fingerprint density at radius 3 is 2.68 bits per heavy atom. The number of hydrogen-bond acceptors (Lipinski definition) is 6. The van der Waals surface area contributed by atoms with Crippen molar-refractivity contribution in [3.8, 4) is 11.8 Å². The lowest BCUT2D eigenvalue weighted by atomic mass is 10.2. The van der Waals surface area contributed by atoms with Crippen LogP contribution in [0.1, 0.15) is 25.8 Å². The molecule has 9 heteroatoms. The van der Waals surface area contributed by atoms with E-state index in [0.29, 0.717) is 50.1 Å². The third-order valence-electron chi connectivity index (χ3n) is 4.90. The topological polar surface area (TPSA) is 103 Å². The minimum absolute atomic E-state index is 0.166. The number of hydrogen-bond donors (Lipinski definition) is 1. The lowest BCUT2D eigenvalue weighted by Crippen LogP contribution is -2.38. The third kappa shape index (κ3) is 6.06. The van der Waals surface area contributed by atoms with E-state index in [4.69, 9.17) is 4.74 Å². The van der Waals surface area contributed by atoms with Gasteiger partial charge >= 0.3 is 6.09 Å². The summed E-state index contributed by atoms with van der Waals surface area (Å²) >= 11 is 0. The molecule has 0 bridgehead atoms. The number of carbonyl (C=O) groups is 2. The molecule has 1 aliphatic heterocycles. The van der Waals surface area contributed by atoms with E-state index in [1.54, 1.807) is 9.58 Å². The Balaban J connectivity index is 1.59. The second-order valence-corrected chi connectivity index (χ2v) is 7.90. The summed E-state index contributed by atoms with van der Waals surface area (Å²) in [4.78, 5) is 28.6. The molecule has 1 aromatic heterocycles. The molecule has 0 atom stereocenters. The van der Waals surface area contributed by atoms with Crippen molar-refractivity contribution in [2.75, 3.05) is 44.6 Å². The number of para-hydroxylation sites is 1. The number of nitrogens with one attached hydrogen (secondary N) is 1. The number of nitrogens with zero attached hydrogens (tertiary/aromatic N) is 5. The fourth-order valence-corrected chi connectivity index (χ4v) is 3.33. The van der Waals surface area contributed by atoms with Gasteiger partial charge in [-0.3, -0.25) is 9.69 Å². The first-order valence-electron chi connectivity index (χ1n) is 10.5. The van der Waals surface area contributed by atoms with Crippen molar-refractivity contribution in [1.29, 1.82) is 5.26 Å². The van der Waals surface area contributed by atoms with Crippen LogP contribution in [-0.2, 0) is 9.53 Å². The van der Waals surface area contributed by atoms with Crippen molar-refractivity contribution in [2.24, 2.45) is 5.92 Å². The van der Waals surface area contributed by atoms with E-state index in [2.05, 4.69) is 16.5 Å². The van der Waals surface area contributed by atoms with Gasteiger partial charge < -0.3 is 15.0 Å². The maximum absolute atomic E-state index is 12.7. The van der Waals surface area contributed by atoms with Crippen molar-refractivity contribution >= 4 is 17.8 Å². The molecule has 9 nitrogen and oxygen atoms in total. The zero-order valence-electron chi connectivity index (χ0n) is 18.0. The van der Waals surface area contributed by atoms with Gasteiger partial charge in [0, 0.05) is 26.2 Å². The summed E-state index contributed by atoms with van der Waals surface area (Å²) in [6.07, 6.45) is 1.90. The lowest BCUT2D eigenvalue weighted by Gasteiger charge is -2.21. The Morgan fingerprint density at radius 1 is 1.19 bits per heavy atom. The van der Waals surface area contributed by atoms with Crippen LogP contribution in [0, 0.1) is 17.2 Å². The summed E-state index contributed by atoms with van der Waals surface area (Å²) in [6.45, 7) is 6.95. The Hall–Kier alpha value is -3.38. The number of benzene rings is 1. The van der Waals surface area contributed by atoms with Gasteiger partial charge in [-0.05, 0) is 24.5 Å². The molecule has 0 aliphatic carbocycles. The smallest absolute Gasteiger partial charge is 0.409 e. The summed E-state index contributed by atoms with van der Waals surface area (Å²) in [7, 11) is 0. The largest absolute Gasteiger partial charge is 0.449 e. The highest BCUT2D eigenvalue weighted by Crippen LogP contribution is 2.19. The van der Waals surface area contributed by atoms with Crippen LogP contribution in [0.5, 0.6) is 0 Å². The number of ether oxygens (including phenoxy) is 1. The van der Waals surface area contributed by atoms with E-state index in [1.807, 2.05) is 49.1 Å². The van der Waals surface area contributed by atoms with Gasteiger partial charge in [0.1, 0.15) is 11.6 Å². The molecule has 1 N–H and O–H groups in total. The molecule has 1 aliphatic rings. The van der Waals surface area contributed by atoms with E-state index < -0.39 is 0 Å². The lowest BCUT2D eigenvalue weighted by molar-refractivity contribution is -0.117. The molecule has 2 aromatic rings. The predicted octanol–water partition coefficient (Wildman–Crippen LogP) is 2.48. The monoisotopic (exact) mass is 424 g/mol. The minimum Gasteiger partial charge on any atom is -0.449 e. The van der Waals surface area contributed by atoms with Gasteiger partial charge in [-0.15, -0.1) is 0 Å². The zero-order valence-corrected chi connectivity index (χ0v) is 18.0. The first-order valence-corrected chi connectivity index (χ1v) is 10.5. The number of anilines is 1. The molecular formula is C22H28N6O3. The second kappa shape index (κ2) is 10.6. The van der Waals surface area contributed by atoms with Crippen LogP contribution in [0.25, 0.3) is 5.69 Å². The van der Waals surface area contributed by atoms with Crippen molar-refractivity contribution in [1.82, 2.24) is 19.6 Å². The molecule has 164 valence electrons. The molecule has 1 saturated heterocycles. The molecule has 1 aromatic carbocycles. The number of carbonyl (C=O) groups excluding carboxylic acids is 2. The molecule has 1 fully saturated rings. The highest BCUT2D eigenvalue weighted by molar-refractivity contribution is 5.93. The summed E-state index contributed by atoms with van der Waals surface area (Å²) in [5.74, 6) is 0.413. The fraction of sp³-hybridized carbons (Fsp3) is 0.455. The van der Waals surface area contributed by atoms with Crippen LogP contribution in [0.3, 0.4) is 0 Å². The van der Waals surface area contributed by atoms with E-state index in [0.717, 1.165) is 12.1 Å². The zero-order chi connectivity index (χ0) is 22.2. The molecule has 3 rings (SSSR count). The first kappa shape index (κ1) is 22.3. The van der Waals surface area contributed by atoms with Crippen molar-refractivity contribution in [3.05, 3.63) is 42.1 Å². The van der Waals surface area contributed by atoms with Gasteiger partial charge in [-0.25, -0.2) is 9.48 Å². The number of nitriles is 1. The van der Waals surface area contributed by atoms with Gasteiger partial charge in [0.05, 0.1) is 25.0 Å². The highest BCUT2D eigenvalue weighted by Gasteiger charge is 2.22. The van der Waals surface area contributed by atoms with Crippen molar-refractivity contribution in [3.63, 3.8) is 0 Å². The number of rotatable bonds is 6. The van der Waals surface area contributed by atoms with Gasteiger partial charge in [0.25, 0.3) is 0 Å². The van der Waals surface area contributed by atoms with Gasteiger partial charge in [0.2, 0.25) is 5.91 Å². The normalized spacial score (nSPS) is 14.7. The van der Waals surface area contributed by atoms with E-state index in [9.17, 15) is 14.9 Å². The summed E-state index contributed by atoms with van der Waals surface area (Å²) < 4.78 is 6.86. The van der Waals surface area contributed by atoms with Gasteiger partial charge in [-0.2, -0.15) is 10.4 Å². The average Bonchev–Trinajstić information content (AvgIpc) is 3.01. The van der Waals surface area contributed by atoms with E-state index in [-0.39, 0.29) is 18.5 Å². The van der Waals surface area contributed by atoms with E-state index >= 15 is 0 Å². The van der Waals surface area contributed by atoms with Crippen molar-refractivity contribution in [2.45, 2.75) is 20.3 Å². The molecule has 2 heterocycles. The van der Waals surface area contributed by atoms with Gasteiger partial charge in [-0.1, -0.05) is 32.0 Å². The van der Waals surface area contributed by atoms with Crippen LogP contribution in [0.4, 0.5) is 10.6 Å². The molecule has 0 saturated carbocycles. The van der Waals surface area contributed by atoms with Crippen LogP contribution in [0.2, 0.25) is 0 Å². The Bertz CT molecular complexity index is 934. The molecule has 0 radical (unpaired) electrons. The van der Waals surface area contributed by atoms with Crippen molar-refractivity contribution < 1.29 is 14.3 Å². The van der Waals surface area contributed by atoms with Crippen LogP contribution in [0.15, 0.2) is 36.5 Å². The molecule has 31 heavy (non-hydrogen) atoms. The first-order chi connectivity index (χ1) is 15.0. The number of amides is 2. The average molecular weight is 425 g/mol. The maximum atomic E-state index is 12.7. The van der Waals surface area contributed by atoms with E-state index in [1.165, 1.54) is 6.20 Å². The fourth-order valence-electron chi connectivity index (χ4n) is 3.33. The van der Waals surface area contributed by atoms with Crippen LogP contribution < -0.4 is 5.32 Å². The molecule has 2 amide bonds. The third-order valence-corrected chi connectivity index (χ3v) is 4.90. The standard InChI is InChI=1S/C22H28N6O3/c1-17(2)16-31-22(30)27-10-6-9-26(11-12-27)15-20(29)25-21-18(13-23)14-24-28(21)19-7-4-3-5-8-19/h3-5,7-8,14,17H,6,9-12,15-16H2,1-2H3,(H,25,29). The Morgan fingerprint density at radius 2 is 1.97 bits per heavy atom. The Labute approximate surface area is 182 Å². The minimum atomic E-state index is -0.301. The highest BCUT2D eigenvalue weighted by atomic mass is 16.6. The summed E-state index contributed by atoms with van der Waals surface area (Å²) in [5, 5.41) is 16.5.